The first-order valence-corrected chi connectivity index (χ1v) is 6.57. The van der Waals surface area contributed by atoms with Crippen LogP contribution in [0.15, 0.2) is 24.3 Å². The van der Waals surface area contributed by atoms with Gasteiger partial charge in [-0.15, -0.1) is 0 Å². The maximum Gasteiger partial charge on any atom is 0.405 e. The molecule has 0 spiro atoms. The van der Waals surface area contributed by atoms with Gasteiger partial charge in [-0.2, -0.15) is 0 Å². The molecule has 0 aliphatic rings. The van der Waals surface area contributed by atoms with Crippen molar-refractivity contribution >= 4 is 18.1 Å². The lowest BCUT2D eigenvalue weighted by Crippen LogP contribution is -2.12. The minimum absolute atomic E-state index is 0.107. The topological polar surface area (TPSA) is 61.6 Å². The molecule has 0 atom stereocenters. The predicted molar refractivity (Wildman–Crippen MR) is 73.1 cm³/mol. The van der Waals surface area contributed by atoms with E-state index >= 15 is 0 Å². The molecule has 1 amide bonds. The molecule has 0 saturated carbocycles. The average molecular weight is 269 g/mol. The summed E-state index contributed by atoms with van der Waals surface area (Å²) in [6.45, 7) is 7.00. The lowest BCUT2D eigenvalue weighted by molar-refractivity contribution is 0.174. The fourth-order valence-corrected chi connectivity index (χ4v) is 1.78. The van der Waals surface area contributed by atoms with E-state index < -0.39 is 6.09 Å². The van der Waals surface area contributed by atoms with Gasteiger partial charge in [-0.1, -0.05) is 45.0 Å². The molecule has 100 valence electrons. The van der Waals surface area contributed by atoms with E-state index in [1.807, 2.05) is 12.1 Å². The maximum absolute atomic E-state index is 10.3. The molecule has 0 fully saturated rings. The Labute approximate surface area is 112 Å². The summed E-state index contributed by atoms with van der Waals surface area (Å²) in [7, 11) is 0. The van der Waals surface area contributed by atoms with Crippen molar-refractivity contribution in [3.63, 3.8) is 0 Å². The fraction of sp³-hybridized carbons (Fsp3) is 0.462. The van der Waals surface area contributed by atoms with Gasteiger partial charge in [0.2, 0.25) is 0 Å². The Morgan fingerprint density at radius 1 is 1.28 bits per heavy atom. The molecule has 0 aliphatic heterocycles. The van der Waals surface area contributed by atoms with Gasteiger partial charge >= 0.3 is 6.09 Å². The van der Waals surface area contributed by atoms with Crippen molar-refractivity contribution in [3.8, 4) is 0 Å². The third kappa shape index (κ3) is 5.42. The molecular weight excluding hydrogens is 250 g/mol. The van der Waals surface area contributed by atoms with E-state index in [9.17, 15) is 4.79 Å². The highest BCUT2D eigenvalue weighted by atomic mass is 32.2. The molecule has 0 aliphatic carbocycles. The Balaban J connectivity index is 2.33. The molecule has 4 nitrogen and oxygen atoms in total. The summed E-state index contributed by atoms with van der Waals surface area (Å²) in [6.07, 6.45) is -0.791. The smallest absolute Gasteiger partial charge is 0.405 e. The molecule has 0 radical (unpaired) electrons. The lowest BCUT2D eigenvalue weighted by Gasteiger charge is -2.19. The van der Waals surface area contributed by atoms with Gasteiger partial charge in [-0.25, -0.2) is 4.79 Å². The summed E-state index contributed by atoms with van der Waals surface area (Å²) in [5, 5.41) is 0. The number of ether oxygens (including phenoxy) is 1. The largest absolute Gasteiger partial charge is 0.436 e. The van der Waals surface area contributed by atoms with E-state index in [2.05, 4.69) is 37.6 Å². The van der Waals surface area contributed by atoms with Gasteiger partial charge in [-0.3, -0.25) is 0 Å². The molecule has 0 unspecified atom stereocenters. The zero-order chi connectivity index (χ0) is 13.6. The molecule has 0 heterocycles. The lowest BCUT2D eigenvalue weighted by atomic mass is 9.87. The van der Waals surface area contributed by atoms with Crippen molar-refractivity contribution in [1.82, 2.24) is 0 Å². The standard InChI is InChI=1S/C13H19NO3S/c1-13(2,3)11-6-4-10(5-7-11)8-17-18-9-16-12(14)15/h4-7H,8-9H2,1-3H3,(H2,14,15). The monoisotopic (exact) mass is 269 g/mol. The van der Waals surface area contributed by atoms with E-state index in [4.69, 9.17) is 9.92 Å². The van der Waals surface area contributed by atoms with Gasteiger partial charge in [0.1, 0.15) is 0 Å². The highest BCUT2D eigenvalue weighted by molar-refractivity contribution is 7.94. The van der Waals surface area contributed by atoms with Crippen molar-refractivity contribution in [3.05, 3.63) is 35.4 Å². The van der Waals surface area contributed by atoms with E-state index in [0.717, 1.165) is 17.6 Å². The quantitative estimate of drug-likeness (QED) is 0.506. The van der Waals surface area contributed by atoms with Crippen molar-refractivity contribution < 1.29 is 13.7 Å². The van der Waals surface area contributed by atoms with Gasteiger partial charge < -0.3 is 14.7 Å². The molecule has 5 heteroatoms. The van der Waals surface area contributed by atoms with Crippen LogP contribution in [0.5, 0.6) is 0 Å². The highest BCUT2D eigenvalue weighted by Gasteiger charge is 2.12. The Bertz CT molecular complexity index is 384. The van der Waals surface area contributed by atoms with E-state index in [1.165, 1.54) is 5.56 Å². The molecule has 1 aromatic rings. The summed E-state index contributed by atoms with van der Waals surface area (Å²) in [5.41, 5.74) is 7.34. The first kappa shape index (κ1) is 14.9. The highest BCUT2D eigenvalue weighted by Crippen LogP contribution is 2.22. The van der Waals surface area contributed by atoms with Crippen LogP contribution < -0.4 is 5.73 Å². The van der Waals surface area contributed by atoms with E-state index in [1.54, 1.807) is 0 Å². The van der Waals surface area contributed by atoms with E-state index in [0.29, 0.717) is 6.61 Å². The van der Waals surface area contributed by atoms with Crippen molar-refractivity contribution in [2.75, 3.05) is 5.94 Å². The molecular formula is C13H19NO3S. The third-order valence-electron chi connectivity index (χ3n) is 2.38. The Morgan fingerprint density at radius 2 is 1.89 bits per heavy atom. The van der Waals surface area contributed by atoms with Gasteiger partial charge in [0.25, 0.3) is 0 Å². The van der Waals surface area contributed by atoms with Crippen LogP contribution in [0.2, 0.25) is 0 Å². The van der Waals surface area contributed by atoms with Crippen LogP contribution in [0.4, 0.5) is 4.79 Å². The SMILES string of the molecule is CC(C)(C)c1ccc(COSCOC(N)=O)cc1. The zero-order valence-electron chi connectivity index (χ0n) is 10.9. The van der Waals surface area contributed by atoms with Crippen molar-refractivity contribution in [2.45, 2.75) is 32.8 Å². The summed E-state index contributed by atoms with van der Waals surface area (Å²) < 4.78 is 9.80. The average Bonchev–Trinajstić information content (AvgIpc) is 2.27. The van der Waals surface area contributed by atoms with Crippen molar-refractivity contribution in [2.24, 2.45) is 5.73 Å². The molecule has 1 rings (SSSR count). The number of nitrogens with two attached hydrogens (primary N) is 1. The zero-order valence-corrected chi connectivity index (χ0v) is 11.8. The number of benzene rings is 1. The summed E-state index contributed by atoms with van der Waals surface area (Å²) in [5.74, 6) is 0.107. The number of primary amides is 1. The van der Waals surface area contributed by atoms with Crippen LogP contribution in [0.1, 0.15) is 31.9 Å². The van der Waals surface area contributed by atoms with Crippen LogP contribution in [0.3, 0.4) is 0 Å². The van der Waals surface area contributed by atoms with Crippen LogP contribution in [0.25, 0.3) is 0 Å². The van der Waals surface area contributed by atoms with Crippen molar-refractivity contribution in [1.29, 1.82) is 0 Å². The predicted octanol–water partition coefficient (Wildman–Crippen LogP) is 3.20. The minimum atomic E-state index is -0.791. The van der Waals surface area contributed by atoms with Gasteiger partial charge in [0.05, 0.1) is 6.61 Å². The normalized spacial score (nSPS) is 11.3. The summed E-state index contributed by atoms with van der Waals surface area (Å²) >= 11 is 1.06. The molecule has 0 bridgehead atoms. The Kier molecular flexibility index (Phi) is 5.50. The molecule has 1 aromatic carbocycles. The van der Waals surface area contributed by atoms with Crippen LogP contribution >= 0.6 is 12.0 Å². The van der Waals surface area contributed by atoms with Crippen LogP contribution in [-0.2, 0) is 20.9 Å². The second-order valence-electron chi connectivity index (χ2n) is 4.91. The first-order chi connectivity index (χ1) is 8.39. The second kappa shape index (κ2) is 6.66. The second-order valence-corrected chi connectivity index (χ2v) is 5.62. The fourth-order valence-electron chi connectivity index (χ4n) is 1.33. The van der Waals surface area contributed by atoms with Gasteiger partial charge in [0, 0.05) is 12.0 Å². The molecule has 0 aromatic heterocycles. The third-order valence-corrected chi connectivity index (χ3v) is 2.88. The Hall–Kier alpha value is -1.20. The Morgan fingerprint density at radius 3 is 2.39 bits per heavy atom. The number of rotatable bonds is 5. The van der Waals surface area contributed by atoms with Gasteiger partial charge in [0.15, 0.2) is 5.94 Å². The number of hydrogen-bond donors (Lipinski definition) is 1. The summed E-state index contributed by atoms with van der Waals surface area (Å²) in [4.78, 5) is 10.3. The molecule has 0 saturated heterocycles. The summed E-state index contributed by atoms with van der Waals surface area (Å²) in [6, 6.07) is 8.28. The first-order valence-electron chi connectivity index (χ1n) is 5.65. The number of carbonyl (C=O) groups is 1. The van der Waals surface area contributed by atoms with Crippen LogP contribution in [0, 0.1) is 0 Å². The maximum atomic E-state index is 10.3. The number of hydrogen-bond acceptors (Lipinski definition) is 4. The number of carbonyl (C=O) groups excluding carboxylic acids is 1. The minimum Gasteiger partial charge on any atom is -0.436 e. The molecule has 2 N–H and O–H groups in total. The van der Waals surface area contributed by atoms with Crippen LogP contribution in [-0.4, -0.2) is 12.0 Å². The molecule has 18 heavy (non-hydrogen) atoms. The van der Waals surface area contributed by atoms with E-state index in [-0.39, 0.29) is 11.4 Å². The van der Waals surface area contributed by atoms with Gasteiger partial charge in [-0.05, 0) is 16.5 Å². The number of amides is 1.